The van der Waals surface area contributed by atoms with E-state index in [1.807, 2.05) is 0 Å². The van der Waals surface area contributed by atoms with Crippen LogP contribution in [0, 0.1) is 22.0 Å². The van der Waals surface area contributed by atoms with Crippen molar-refractivity contribution in [2.75, 3.05) is 25.7 Å². The number of nitro benzene ring substituents is 1. The Morgan fingerprint density at radius 1 is 1.32 bits per heavy atom. The Hall–Kier alpha value is -2.69. The topological polar surface area (TPSA) is 109 Å². The van der Waals surface area contributed by atoms with Gasteiger partial charge in [-0.15, -0.1) is 0 Å². The average Bonchev–Trinajstić information content (AvgIpc) is 3.68. The molecule has 202 valence electrons. The van der Waals surface area contributed by atoms with Gasteiger partial charge in [0.1, 0.15) is 22.1 Å². The summed E-state index contributed by atoms with van der Waals surface area (Å²) in [6.45, 7) is 4.19. The van der Waals surface area contributed by atoms with E-state index < -0.39 is 4.92 Å². The highest BCUT2D eigenvalue weighted by atomic mass is 79.9. The third-order valence-corrected chi connectivity index (χ3v) is 9.67. The second-order valence-electron chi connectivity index (χ2n) is 11.2. The Morgan fingerprint density at radius 2 is 2.08 bits per heavy atom. The van der Waals surface area contributed by atoms with Crippen LogP contribution in [0.4, 0.5) is 11.4 Å². The van der Waals surface area contributed by atoms with E-state index in [0.29, 0.717) is 12.1 Å². The van der Waals surface area contributed by atoms with Crippen molar-refractivity contribution < 1.29 is 19.5 Å². The van der Waals surface area contributed by atoms with E-state index >= 15 is 0 Å². The molecule has 0 amide bonds. The number of rotatable bonds is 7. The van der Waals surface area contributed by atoms with Gasteiger partial charge in [-0.1, -0.05) is 6.92 Å². The highest BCUT2D eigenvalue weighted by molar-refractivity contribution is 9.10. The fourth-order valence-corrected chi connectivity index (χ4v) is 7.37. The molecule has 2 aliphatic carbocycles. The first-order valence-electron chi connectivity index (χ1n) is 13.3. The minimum absolute atomic E-state index is 0.0490. The molecule has 2 saturated carbocycles. The molecule has 4 aliphatic rings. The average molecular weight is 585 g/mol. The van der Waals surface area contributed by atoms with Crippen molar-refractivity contribution in [3.8, 4) is 11.5 Å². The van der Waals surface area contributed by atoms with E-state index in [1.165, 1.54) is 36.1 Å². The number of hydrogen-bond acceptors (Lipinski definition) is 8. The van der Waals surface area contributed by atoms with Gasteiger partial charge in [0.2, 0.25) is 0 Å². The van der Waals surface area contributed by atoms with Gasteiger partial charge >= 0.3 is 0 Å². The van der Waals surface area contributed by atoms with Gasteiger partial charge in [0.05, 0.1) is 24.3 Å². The van der Waals surface area contributed by atoms with Crippen molar-refractivity contribution in [3.05, 3.63) is 56.0 Å². The Labute approximate surface area is 230 Å². The number of aliphatic hydroxyl groups excluding tert-OH is 1. The van der Waals surface area contributed by atoms with Crippen LogP contribution in [0.3, 0.4) is 0 Å². The lowest BCUT2D eigenvalue weighted by Gasteiger charge is -2.45. The van der Waals surface area contributed by atoms with Crippen LogP contribution >= 0.6 is 15.9 Å². The van der Waals surface area contributed by atoms with Crippen molar-refractivity contribution >= 4 is 33.0 Å². The zero-order chi connectivity index (χ0) is 26.6. The summed E-state index contributed by atoms with van der Waals surface area (Å²) in [5.41, 5.74) is 7.10. The second-order valence-corrected chi connectivity index (χ2v) is 12.0. The number of non-ortho nitro benzene ring substituents is 1. The van der Waals surface area contributed by atoms with E-state index in [0.717, 1.165) is 53.5 Å². The molecule has 38 heavy (non-hydrogen) atoms. The molecule has 2 fully saturated rings. The molecule has 1 spiro atoms. The third kappa shape index (κ3) is 4.26. The van der Waals surface area contributed by atoms with Crippen molar-refractivity contribution in [1.29, 1.82) is 0 Å². The van der Waals surface area contributed by atoms with Crippen LogP contribution < -0.4 is 14.9 Å². The Morgan fingerprint density at radius 3 is 2.74 bits per heavy atom. The Bertz CT molecular complexity index is 1280. The number of hydrogen-bond donors (Lipinski definition) is 2. The van der Waals surface area contributed by atoms with Crippen LogP contribution in [0.2, 0.25) is 0 Å². The predicted octanol–water partition coefficient (Wildman–Crippen LogP) is 5.24. The quantitative estimate of drug-likeness (QED) is 0.338. The van der Waals surface area contributed by atoms with Crippen LogP contribution in [0.1, 0.15) is 50.2 Å². The summed E-state index contributed by atoms with van der Waals surface area (Å²) in [7, 11) is 1.68. The number of benzene rings is 2. The first-order valence-corrected chi connectivity index (χ1v) is 14.1. The first-order chi connectivity index (χ1) is 18.3. The summed E-state index contributed by atoms with van der Waals surface area (Å²) in [6, 6.07) is 8.49. The summed E-state index contributed by atoms with van der Waals surface area (Å²) in [5, 5.41) is 26.3. The molecule has 0 radical (unpaired) electrons. The highest BCUT2D eigenvalue weighted by Gasteiger charge is 2.59. The predicted molar refractivity (Wildman–Crippen MR) is 148 cm³/mol. The zero-order valence-electron chi connectivity index (χ0n) is 21.7. The molecule has 10 heteroatoms. The van der Waals surface area contributed by atoms with Crippen LogP contribution in [0.5, 0.6) is 11.5 Å². The third-order valence-electron chi connectivity index (χ3n) is 8.92. The standard InChI is InChI=1S/C28H33BrN4O5/c1-16-9-20(31-30-19-5-7-21(8-6-19)33(35)36)11-24-28(16)12-22(15-34)32(13-17-3-4-17)14-18-10-23(37-2)26(29)27(38-24)25(18)28/h5-8,10,16-17,22,24,30,34H,3-4,9,11-15H2,1-2H3/b31-20+/t16-,22+,24-,28+/m1/s1. The molecule has 6 rings (SSSR count). The van der Waals surface area contributed by atoms with Gasteiger partial charge in [-0.3, -0.25) is 20.4 Å². The lowest BCUT2D eigenvalue weighted by atomic mass is 9.59. The molecule has 0 aromatic heterocycles. The molecule has 0 bridgehead atoms. The number of anilines is 1. The number of hydrazone groups is 1. The van der Waals surface area contributed by atoms with Gasteiger partial charge in [0.25, 0.3) is 5.69 Å². The monoisotopic (exact) mass is 584 g/mol. The van der Waals surface area contributed by atoms with E-state index in [1.54, 1.807) is 19.2 Å². The maximum atomic E-state index is 11.0. The molecule has 4 atom stereocenters. The van der Waals surface area contributed by atoms with Crippen LogP contribution in [-0.4, -0.2) is 53.0 Å². The zero-order valence-corrected chi connectivity index (χ0v) is 23.2. The van der Waals surface area contributed by atoms with E-state index in [-0.39, 0.29) is 35.8 Å². The van der Waals surface area contributed by atoms with Gasteiger partial charge in [-0.25, -0.2) is 0 Å². The van der Waals surface area contributed by atoms with Gasteiger partial charge in [-0.2, -0.15) is 5.10 Å². The molecule has 9 nitrogen and oxygen atoms in total. The van der Waals surface area contributed by atoms with Gasteiger partial charge in [-0.05, 0) is 77.2 Å². The fraction of sp³-hybridized carbons (Fsp3) is 0.536. The minimum Gasteiger partial charge on any atom is -0.495 e. The smallest absolute Gasteiger partial charge is 0.269 e. The molecule has 2 heterocycles. The van der Waals surface area contributed by atoms with Crippen molar-refractivity contribution in [2.45, 2.75) is 63.1 Å². The first kappa shape index (κ1) is 25.6. The number of ether oxygens (including phenoxy) is 2. The number of halogens is 1. The maximum absolute atomic E-state index is 11.0. The number of nitrogens with one attached hydrogen (secondary N) is 1. The van der Waals surface area contributed by atoms with E-state index in [4.69, 9.17) is 14.6 Å². The Kier molecular flexibility index (Phi) is 6.60. The second kappa shape index (κ2) is 9.81. The summed E-state index contributed by atoms with van der Waals surface area (Å²) >= 11 is 3.77. The highest BCUT2D eigenvalue weighted by Crippen LogP contribution is 2.61. The minimum atomic E-state index is -0.410. The molecule has 2 aromatic rings. The molecule has 0 unspecified atom stereocenters. The summed E-state index contributed by atoms with van der Waals surface area (Å²) < 4.78 is 13.3. The number of nitro groups is 1. The number of methoxy groups -OCH3 is 1. The van der Waals surface area contributed by atoms with Crippen molar-refractivity contribution in [1.82, 2.24) is 4.90 Å². The van der Waals surface area contributed by atoms with Crippen LogP contribution in [-0.2, 0) is 12.0 Å². The number of aliphatic hydroxyl groups is 1. The Balaban J connectivity index is 1.35. The fourth-order valence-electron chi connectivity index (χ4n) is 6.80. The summed E-state index contributed by atoms with van der Waals surface area (Å²) in [6.07, 6.45) is 4.72. The SMILES string of the molecule is COc1cc2c3c(c1Br)O[C@@H]1C/C(=N/Nc4ccc([N+](=O)[O-])cc4)C[C@@H](C)[C@]31C[C@@H](CO)N(CC1CC1)C2. The van der Waals surface area contributed by atoms with Gasteiger partial charge in [0, 0.05) is 54.4 Å². The van der Waals surface area contributed by atoms with Crippen molar-refractivity contribution in [3.63, 3.8) is 0 Å². The van der Waals surface area contributed by atoms with E-state index in [2.05, 4.69) is 39.2 Å². The molecule has 2 N–H and O–H groups in total. The van der Waals surface area contributed by atoms with Crippen LogP contribution in [0.25, 0.3) is 0 Å². The normalized spacial score (nSPS) is 29.3. The molecular weight excluding hydrogens is 552 g/mol. The molecule has 0 saturated heterocycles. The molecule has 2 aromatic carbocycles. The lowest BCUT2D eigenvalue weighted by Crippen LogP contribution is -2.52. The van der Waals surface area contributed by atoms with Gasteiger partial charge < -0.3 is 14.6 Å². The summed E-state index contributed by atoms with van der Waals surface area (Å²) in [4.78, 5) is 13.0. The van der Waals surface area contributed by atoms with Crippen molar-refractivity contribution in [2.24, 2.45) is 16.9 Å². The molecule has 2 aliphatic heterocycles. The summed E-state index contributed by atoms with van der Waals surface area (Å²) in [5.74, 6) is 2.59. The lowest BCUT2D eigenvalue weighted by molar-refractivity contribution is -0.384. The van der Waals surface area contributed by atoms with Crippen LogP contribution in [0.15, 0.2) is 39.9 Å². The van der Waals surface area contributed by atoms with Gasteiger partial charge in [0.15, 0.2) is 0 Å². The largest absolute Gasteiger partial charge is 0.495 e. The van der Waals surface area contributed by atoms with E-state index in [9.17, 15) is 15.2 Å². The molecular formula is C28H33BrN4O5. The number of nitrogens with zero attached hydrogens (tertiary/aromatic N) is 3. The maximum Gasteiger partial charge on any atom is 0.269 e.